The summed E-state index contributed by atoms with van der Waals surface area (Å²) >= 11 is 5.99. The Morgan fingerprint density at radius 1 is 0.969 bits per heavy atom. The maximum Gasteiger partial charge on any atom is 0.345 e. The number of anilines is 2. The molecule has 0 unspecified atom stereocenters. The lowest BCUT2D eigenvalue weighted by atomic mass is 10.1. The molecule has 4 aromatic rings. The van der Waals surface area contributed by atoms with Gasteiger partial charge in [-0.3, -0.25) is 0 Å². The second kappa shape index (κ2) is 9.88. The molecule has 1 aromatic heterocycles. The number of carbonyl (C=O) groups is 1. The number of urea groups is 1. The summed E-state index contributed by atoms with van der Waals surface area (Å²) in [5.74, 6) is 0. The van der Waals surface area contributed by atoms with Crippen molar-refractivity contribution in [2.75, 3.05) is 23.3 Å². The SMILES string of the molecule is CCCN(CCC)c1cccc2c1[nH]c1cc(=NC(=O)Nc3cccc(Cl)c3)cccc12. The number of hydrogen-bond acceptors (Lipinski definition) is 2. The third-order valence-corrected chi connectivity index (χ3v) is 5.57. The van der Waals surface area contributed by atoms with Gasteiger partial charge < -0.3 is 15.2 Å². The summed E-state index contributed by atoms with van der Waals surface area (Å²) < 4.78 is 0. The third kappa shape index (κ3) is 4.78. The number of amides is 2. The van der Waals surface area contributed by atoms with E-state index in [4.69, 9.17) is 11.6 Å². The molecule has 0 spiro atoms. The molecule has 4 rings (SSSR count). The molecular weight excluding hydrogens is 420 g/mol. The fourth-order valence-corrected chi connectivity index (χ4v) is 4.23. The Kier molecular flexibility index (Phi) is 6.76. The number of nitrogens with one attached hydrogen (secondary N) is 2. The molecule has 0 aliphatic heterocycles. The Bertz CT molecular complexity index is 1320. The number of carbonyl (C=O) groups excluding carboxylic acids is 1. The van der Waals surface area contributed by atoms with E-state index in [0.717, 1.165) is 42.4 Å². The number of rotatable bonds is 6. The van der Waals surface area contributed by atoms with Crippen molar-refractivity contribution in [3.05, 3.63) is 77.1 Å². The molecule has 0 aliphatic rings. The van der Waals surface area contributed by atoms with E-state index in [1.54, 1.807) is 24.3 Å². The maximum absolute atomic E-state index is 12.5. The lowest BCUT2D eigenvalue weighted by Gasteiger charge is -2.24. The molecular formula is C26H27ClN4O. The smallest absolute Gasteiger partial charge is 0.345 e. The first kappa shape index (κ1) is 21.9. The average molecular weight is 447 g/mol. The van der Waals surface area contributed by atoms with Gasteiger partial charge in [-0.15, -0.1) is 0 Å². The molecule has 2 N–H and O–H groups in total. The lowest BCUT2D eigenvalue weighted by Crippen LogP contribution is -2.25. The molecule has 3 aromatic carbocycles. The molecule has 2 amide bonds. The highest BCUT2D eigenvalue weighted by Crippen LogP contribution is 2.31. The summed E-state index contributed by atoms with van der Waals surface area (Å²) in [6, 6.07) is 20.7. The number of nitrogens with zero attached hydrogens (tertiary/aromatic N) is 2. The van der Waals surface area contributed by atoms with Gasteiger partial charge in [0.2, 0.25) is 0 Å². The Balaban J connectivity index is 1.75. The first-order valence-corrected chi connectivity index (χ1v) is 11.4. The van der Waals surface area contributed by atoms with Crippen LogP contribution in [-0.4, -0.2) is 24.1 Å². The minimum atomic E-state index is -0.444. The van der Waals surface area contributed by atoms with Crippen molar-refractivity contribution in [3.63, 3.8) is 0 Å². The van der Waals surface area contributed by atoms with Crippen LogP contribution in [0.5, 0.6) is 0 Å². The standard InChI is InChI=1S/C26H27ClN4O/c1-3-14-31(15-4-2)24-13-7-12-22-21-11-6-10-20(17-23(21)30-25(22)24)29-26(32)28-19-9-5-8-18(27)16-19/h5-13,16-17,30H,3-4,14-15H2,1-2H3,(H,28,32). The number of aromatic amines is 1. The van der Waals surface area contributed by atoms with Crippen LogP contribution in [0.25, 0.3) is 21.8 Å². The van der Waals surface area contributed by atoms with Crippen molar-refractivity contribution in [2.45, 2.75) is 26.7 Å². The van der Waals surface area contributed by atoms with Crippen molar-refractivity contribution in [3.8, 4) is 0 Å². The van der Waals surface area contributed by atoms with Crippen molar-refractivity contribution in [1.82, 2.24) is 4.98 Å². The molecule has 0 fully saturated rings. The molecule has 5 nitrogen and oxygen atoms in total. The molecule has 0 saturated carbocycles. The predicted molar refractivity (Wildman–Crippen MR) is 135 cm³/mol. The quantitative estimate of drug-likeness (QED) is 0.344. The monoisotopic (exact) mass is 446 g/mol. The van der Waals surface area contributed by atoms with Gasteiger partial charge in [-0.05, 0) is 49.2 Å². The highest BCUT2D eigenvalue weighted by Gasteiger charge is 2.12. The highest BCUT2D eigenvalue weighted by atomic mass is 35.5. The Hall–Kier alpha value is -3.31. The van der Waals surface area contributed by atoms with E-state index < -0.39 is 6.03 Å². The molecule has 164 valence electrons. The second-order valence-corrected chi connectivity index (χ2v) is 8.22. The van der Waals surface area contributed by atoms with E-state index >= 15 is 0 Å². The van der Waals surface area contributed by atoms with E-state index in [1.165, 1.54) is 11.1 Å². The minimum absolute atomic E-state index is 0.444. The van der Waals surface area contributed by atoms with Crippen LogP contribution < -0.4 is 15.6 Å². The Labute approximate surface area is 192 Å². The molecule has 6 heteroatoms. The number of aromatic nitrogens is 1. The Morgan fingerprint density at radius 2 is 1.69 bits per heavy atom. The van der Waals surface area contributed by atoms with E-state index in [9.17, 15) is 4.79 Å². The molecule has 0 bridgehead atoms. The van der Waals surface area contributed by atoms with E-state index in [-0.39, 0.29) is 0 Å². The fraction of sp³-hybridized carbons (Fsp3) is 0.231. The van der Waals surface area contributed by atoms with Crippen LogP contribution >= 0.6 is 11.6 Å². The molecule has 0 saturated heterocycles. The summed E-state index contributed by atoms with van der Waals surface area (Å²) in [5.41, 5.74) is 3.88. The normalized spacial score (nSPS) is 11.8. The van der Waals surface area contributed by atoms with Gasteiger partial charge in [-0.25, -0.2) is 4.79 Å². The molecule has 0 radical (unpaired) electrons. The molecule has 0 atom stereocenters. The average Bonchev–Trinajstić information content (AvgIpc) is 2.98. The first-order valence-electron chi connectivity index (χ1n) is 11.0. The number of para-hydroxylation sites is 1. The topological polar surface area (TPSA) is 60.5 Å². The summed E-state index contributed by atoms with van der Waals surface area (Å²) in [4.78, 5) is 22.7. The van der Waals surface area contributed by atoms with Crippen LogP contribution in [0.1, 0.15) is 26.7 Å². The highest BCUT2D eigenvalue weighted by molar-refractivity contribution is 6.30. The molecule has 1 heterocycles. The van der Waals surface area contributed by atoms with Gasteiger partial charge in [0.25, 0.3) is 0 Å². The number of fused-ring (bicyclic) bond motifs is 3. The van der Waals surface area contributed by atoms with E-state index in [2.05, 4.69) is 58.3 Å². The summed E-state index contributed by atoms with van der Waals surface area (Å²) in [6.07, 6.45) is 2.19. The van der Waals surface area contributed by atoms with Crippen molar-refractivity contribution < 1.29 is 4.79 Å². The first-order chi connectivity index (χ1) is 15.6. The maximum atomic E-state index is 12.5. The number of hydrogen-bond donors (Lipinski definition) is 2. The third-order valence-electron chi connectivity index (χ3n) is 5.34. The van der Waals surface area contributed by atoms with Gasteiger partial charge in [0, 0.05) is 40.1 Å². The van der Waals surface area contributed by atoms with Crippen molar-refractivity contribution >= 4 is 50.8 Å². The number of halogens is 1. The van der Waals surface area contributed by atoms with Gasteiger partial charge in [0.1, 0.15) is 0 Å². The largest absolute Gasteiger partial charge is 0.370 e. The summed E-state index contributed by atoms with van der Waals surface area (Å²) in [7, 11) is 0. The van der Waals surface area contributed by atoms with Gasteiger partial charge in [-0.1, -0.05) is 55.8 Å². The zero-order chi connectivity index (χ0) is 22.5. The van der Waals surface area contributed by atoms with E-state index in [1.807, 2.05) is 18.2 Å². The minimum Gasteiger partial charge on any atom is -0.370 e. The van der Waals surface area contributed by atoms with Crippen LogP contribution in [0, 0.1) is 0 Å². The van der Waals surface area contributed by atoms with Crippen molar-refractivity contribution in [2.24, 2.45) is 4.99 Å². The van der Waals surface area contributed by atoms with Crippen LogP contribution in [0.15, 0.2) is 71.7 Å². The summed E-state index contributed by atoms with van der Waals surface area (Å²) in [6.45, 7) is 6.44. The number of H-pyrrole nitrogens is 1. The van der Waals surface area contributed by atoms with Gasteiger partial charge in [0.15, 0.2) is 0 Å². The van der Waals surface area contributed by atoms with Crippen LogP contribution in [-0.2, 0) is 0 Å². The lowest BCUT2D eigenvalue weighted by molar-refractivity contribution is 0.259. The van der Waals surface area contributed by atoms with Gasteiger partial charge in [0.05, 0.1) is 16.6 Å². The van der Waals surface area contributed by atoms with Gasteiger partial charge in [-0.2, -0.15) is 4.99 Å². The van der Waals surface area contributed by atoms with Crippen molar-refractivity contribution in [1.29, 1.82) is 0 Å². The van der Waals surface area contributed by atoms with Crippen LogP contribution in [0.2, 0.25) is 5.02 Å². The van der Waals surface area contributed by atoms with E-state index in [0.29, 0.717) is 16.1 Å². The molecule has 0 aliphatic carbocycles. The molecule has 32 heavy (non-hydrogen) atoms. The second-order valence-electron chi connectivity index (χ2n) is 7.79. The predicted octanol–water partition coefficient (Wildman–Crippen LogP) is 6.73. The zero-order valence-corrected chi connectivity index (χ0v) is 19.1. The fourth-order valence-electron chi connectivity index (χ4n) is 4.04. The summed E-state index contributed by atoms with van der Waals surface area (Å²) in [5, 5.41) is 6.17. The van der Waals surface area contributed by atoms with Crippen LogP contribution in [0.4, 0.5) is 16.2 Å². The number of benzene rings is 2. The van der Waals surface area contributed by atoms with Gasteiger partial charge >= 0.3 is 6.03 Å². The zero-order valence-electron chi connectivity index (χ0n) is 18.4. The van der Waals surface area contributed by atoms with Crippen LogP contribution in [0.3, 0.4) is 0 Å². The Morgan fingerprint density at radius 3 is 2.44 bits per heavy atom.